The Morgan fingerprint density at radius 2 is 2.24 bits per heavy atom. The van der Waals surface area contributed by atoms with Crippen molar-refractivity contribution in [1.29, 1.82) is 0 Å². The predicted octanol–water partition coefficient (Wildman–Crippen LogP) is 3.01. The van der Waals surface area contributed by atoms with Crippen LogP contribution in [0.4, 0.5) is 4.39 Å². The Bertz CT molecular complexity index is 571. The average Bonchev–Trinajstić information content (AvgIpc) is 2.67. The second kappa shape index (κ2) is 3.84. The van der Waals surface area contributed by atoms with Gasteiger partial charge in [-0.2, -0.15) is 0 Å². The van der Waals surface area contributed by atoms with Gasteiger partial charge in [0.25, 0.3) is 0 Å². The van der Waals surface area contributed by atoms with E-state index in [-0.39, 0.29) is 5.82 Å². The normalized spacial score (nSPS) is 19.6. The fraction of sp³-hybridized carbons (Fsp3) is 0.429. The van der Waals surface area contributed by atoms with Gasteiger partial charge in [-0.1, -0.05) is 6.92 Å². The Morgan fingerprint density at radius 3 is 3.00 bits per heavy atom. The number of hydrogen-bond acceptors (Lipinski definition) is 1. The lowest BCUT2D eigenvalue weighted by molar-refractivity contribution is 0.439. The van der Waals surface area contributed by atoms with Crippen molar-refractivity contribution in [3.63, 3.8) is 0 Å². The molecule has 0 aliphatic carbocycles. The smallest absolute Gasteiger partial charge is 0.124 e. The van der Waals surface area contributed by atoms with Crippen LogP contribution in [0.5, 0.6) is 0 Å². The van der Waals surface area contributed by atoms with Gasteiger partial charge in [0.05, 0.1) is 5.52 Å². The third-order valence-electron chi connectivity index (χ3n) is 3.62. The van der Waals surface area contributed by atoms with Crippen molar-refractivity contribution in [2.75, 3.05) is 6.54 Å². The summed E-state index contributed by atoms with van der Waals surface area (Å²) in [6.45, 7) is 6.15. The van der Waals surface area contributed by atoms with Crippen LogP contribution in [0, 0.1) is 5.82 Å². The van der Waals surface area contributed by atoms with Gasteiger partial charge in [-0.25, -0.2) is 4.39 Å². The molecule has 0 amide bonds. The highest BCUT2D eigenvalue weighted by Crippen LogP contribution is 2.30. The molecule has 0 radical (unpaired) electrons. The van der Waals surface area contributed by atoms with Gasteiger partial charge in [0.15, 0.2) is 0 Å². The molecule has 0 saturated carbocycles. The van der Waals surface area contributed by atoms with Crippen LogP contribution in [-0.4, -0.2) is 11.1 Å². The van der Waals surface area contributed by atoms with E-state index in [1.54, 1.807) is 12.1 Å². The molecule has 1 N–H and O–H groups in total. The second-order valence-electron chi connectivity index (χ2n) is 4.84. The fourth-order valence-corrected chi connectivity index (χ4v) is 2.88. The van der Waals surface area contributed by atoms with E-state index in [0.717, 1.165) is 30.5 Å². The number of rotatable bonds is 1. The Balaban J connectivity index is 2.36. The first-order valence-electron chi connectivity index (χ1n) is 6.23. The van der Waals surface area contributed by atoms with Crippen LogP contribution in [0.2, 0.25) is 0 Å². The molecule has 17 heavy (non-hydrogen) atoms. The Hall–Kier alpha value is -1.35. The number of benzene rings is 1. The molecule has 0 saturated heterocycles. The van der Waals surface area contributed by atoms with Crippen molar-refractivity contribution in [3.05, 3.63) is 35.3 Å². The maximum atomic E-state index is 13.5. The van der Waals surface area contributed by atoms with Gasteiger partial charge in [0, 0.05) is 30.2 Å². The number of hydrogen-bond donors (Lipinski definition) is 1. The average molecular weight is 232 g/mol. The zero-order chi connectivity index (χ0) is 12.0. The monoisotopic (exact) mass is 232 g/mol. The first kappa shape index (κ1) is 10.8. The maximum absolute atomic E-state index is 13.5. The van der Waals surface area contributed by atoms with Gasteiger partial charge in [-0.05, 0) is 37.1 Å². The quantitative estimate of drug-likeness (QED) is 0.799. The molecule has 1 aromatic heterocycles. The SMILES string of the molecule is CCc1cc(F)cc2cc3n(c12)C(C)CNC3. The zero-order valence-electron chi connectivity index (χ0n) is 10.3. The second-order valence-corrected chi connectivity index (χ2v) is 4.84. The maximum Gasteiger partial charge on any atom is 0.124 e. The first-order chi connectivity index (χ1) is 8.20. The highest BCUT2D eigenvalue weighted by atomic mass is 19.1. The molecule has 2 heterocycles. The number of halogens is 1. The van der Waals surface area contributed by atoms with Crippen LogP contribution in [0.15, 0.2) is 18.2 Å². The fourth-order valence-electron chi connectivity index (χ4n) is 2.88. The molecule has 0 fully saturated rings. The van der Waals surface area contributed by atoms with Crippen molar-refractivity contribution in [1.82, 2.24) is 9.88 Å². The largest absolute Gasteiger partial charge is 0.339 e. The van der Waals surface area contributed by atoms with Gasteiger partial charge in [0.2, 0.25) is 0 Å². The van der Waals surface area contributed by atoms with Crippen LogP contribution in [0.25, 0.3) is 10.9 Å². The molecular formula is C14H17FN2. The van der Waals surface area contributed by atoms with Crippen LogP contribution >= 0.6 is 0 Å². The predicted molar refractivity (Wildman–Crippen MR) is 67.7 cm³/mol. The molecule has 1 atom stereocenters. The third kappa shape index (κ3) is 1.57. The van der Waals surface area contributed by atoms with Gasteiger partial charge in [0.1, 0.15) is 5.82 Å². The minimum atomic E-state index is -0.127. The van der Waals surface area contributed by atoms with Crippen molar-refractivity contribution in [2.24, 2.45) is 0 Å². The summed E-state index contributed by atoms with van der Waals surface area (Å²) in [5.41, 5.74) is 3.59. The van der Waals surface area contributed by atoms with E-state index in [4.69, 9.17) is 0 Å². The van der Waals surface area contributed by atoms with Crippen molar-refractivity contribution in [2.45, 2.75) is 32.9 Å². The van der Waals surface area contributed by atoms with Gasteiger partial charge >= 0.3 is 0 Å². The highest BCUT2D eigenvalue weighted by Gasteiger charge is 2.20. The lowest BCUT2D eigenvalue weighted by Gasteiger charge is -2.25. The highest BCUT2D eigenvalue weighted by molar-refractivity contribution is 5.85. The topological polar surface area (TPSA) is 17.0 Å². The van der Waals surface area contributed by atoms with Crippen LogP contribution in [-0.2, 0) is 13.0 Å². The summed E-state index contributed by atoms with van der Waals surface area (Å²) in [4.78, 5) is 0. The van der Waals surface area contributed by atoms with E-state index in [2.05, 4.69) is 29.8 Å². The molecule has 2 aromatic rings. The van der Waals surface area contributed by atoms with Crippen molar-refractivity contribution >= 4 is 10.9 Å². The van der Waals surface area contributed by atoms with E-state index >= 15 is 0 Å². The number of nitrogens with zero attached hydrogens (tertiary/aromatic N) is 1. The molecule has 0 spiro atoms. The molecule has 1 unspecified atom stereocenters. The molecule has 2 nitrogen and oxygen atoms in total. The summed E-state index contributed by atoms with van der Waals surface area (Å²) in [7, 11) is 0. The van der Waals surface area contributed by atoms with Crippen LogP contribution < -0.4 is 5.32 Å². The molecule has 1 aromatic carbocycles. The number of nitrogens with one attached hydrogen (secondary N) is 1. The molecule has 90 valence electrons. The standard InChI is InChI=1S/C14H17FN2/c1-3-10-4-12(15)5-11-6-13-8-16-7-9(2)17(13)14(10)11/h4-6,9,16H,3,7-8H2,1-2H3. The summed E-state index contributed by atoms with van der Waals surface area (Å²) < 4.78 is 15.9. The lowest BCUT2D eigenvalue weighted by atomic mass is 10.1. The van der Waals surface area contributed by atoms with Gasteiger partial charge < -0.3 is 9.88 Å². The lowest BCUT2D eigenvalue weighted by Crippen LogP contribution is -2.31. The summed E-state index contributed by atoms with van der Waals surface area (Å²) in [5, 5.41) is 4.42. The van der Waals surface area contributed by atoms with Crippen LogP contribution in [0.3, 0.4) is 0 Å². The Kier molecular flexibility index (Phi) is 2.44. The van der Waals surface area contributed by atoms with Crippen molar-refractivity contribution in [3.8, 4) is 0 Å². The molecule has 1 aliphatic rings. The third-order valence-corrected chi connectivity index (χ3v) is 3.62. The molecular weight excluding hydrogens is 215 g/mol. The minimum Gasteiger partial charge on any atom is -0.339 e. The first-order valence-corrected chi connectivity index (χ1v) is 6.23. The van der Waals surface area contributed by atoms with Gasteiger partial charge in [-0.3, -0.25) is 0 Å². The molecule has 0 bridgehead atoms. The van der Waals surface area contributed by atoms with Gasteiger partial charge in [-0.15, -0.1) is 0 Å². The van der Waals surface area contributed by atoms with E-state index in [1.807, 2.05) is 0 Å². The zero-order valence-corrected chi connectivity index (χ0v) is 10.3. The Labute approximate surface area is 100 Å². The van der Waals surface area contributed by atoms with E-state index < -0.39 is 0 Å². The van der Waals surface area contributed by atoms with E-state index in [0.29, 0.717) is 6.04 Å². The minimum absolute atomic E-state index is 0.127. The molecule has 1 aliphatic heterocycles. The number of fused-ring (bicyclic) bond motifs is 3. The summed E-state index contributed by atoms with van der Waals surface area (Å²) in [6.07, 6.45) is 0.873. The van der Waals surface area contributed by atoms with E-state index in [9.17, 15) is 4.39 Å². The summed E-state index contributed by atoms with van der Waals surface area (Å²) in [5.74, 6) is -0.127. The van der Waals surface area contributed by atoms with E-state index in [1.165, 1.54) is 11.2 Å². The molecule has 3 heteroatoms. The summed E-state index contributed by atoms with van der Waals surface area (Å²) >= 11 is 0. The van der Waals surface area contributed by atoms with Crippen molar-refractivity contribution < 1.29 is 4.39 Å². The Morgan fingerprint density at radius 1 is 1.41 bits per heavy atom. The summed E-state index contributed by atoms with van der Waals surface area (Å²) in [6, 6.07) is 5.86. The number of aromatic nitrogens is 1. The molecule has 3 rings (SSSR count). The number of aryl methyl sites for hydroxylation is 1. The van der Waals surface area contributed by atoms with Crippen LogP contribution in [0.1, 0.15) is 31.1 Å².